The number of amides is 1. The van der Waals surface area contributed by atoms with E-state index in [1.807, 2.05) is 0 Å². The van der Waals surface area contributed by atoms with Crippen LogP contribution in [-0.2, 0) is 11.3 Å². The molecule has 0 bridgehead atoms. The Hall–Kier alpha value is -2.28. The molecular formula is C19H23F2N3O2. The van der Waals surface area contributed by atoms with E-state index in [2.05, 4.69) is 29.0 Å². The first-order chi connectivity index (χ1) is 12.3. The van der Waals surface area contributed by atoms with Crippen molar-refractivity contribution in [3.8, 4) is 11.5 Å². The Labute approximate surface area is 151 Å². The second-order valence-corrected chi connectivity index (χ2v) is 6.97. The maximum absolute atomic E-state index is 14.0. The molecule has 5 nitrogen and oxygen atoms in total. The Kier molecular flexibility index (Phi) is 5.36. The Morgan fingerprint density at radius 3 is 2.77 bits per heavy atom. The summed E-state index contributed by atoms with van der Waals surface area (Å²) < 4.78 is 32.7. The summed E-state index contributed by atoms with van der Waals surface area (Å²) in [5.41, 5.74) is 0.849. The van der Waals surface area contributed by atoms with E-state index in [9.17, 15) is 13.6 Å². The van der Waals surface area contributed by atoms with Crippen LogP contribution in [0.1, 0.15) is 38.1 Å². The Balaban J connectivity index is 1.77. The number of hydrogen-bond donors (Lipinski definition) is 1. The first-order valence-corrected chi connectivity index (χ1v) is 8.78. The summed E-state index contributed by atoms with van der Waals surface area (Å²) in [5, 5.41) is 2.97. The van der Waals surface area contributed by atoms with Crippen LogP contribution >= 0.6 is 0 Å². The topological polar surface area (TPSA) is 58.4 Å². The van der Waals surface area contributed by atoms with Crippen LogP contribution in [0.25, 0.3) is 11.5 Å². The number of nitrogens with one attached hydrogen (secondary N) is 1. The molecule has 1 aliphatic heterocycles. The van der Waals surface area contributed by atoms with Crippen molar-refractivity contribution in [2.75, 3.05) is 6.54 Å². The van der Waals surface area contributed by atoms with Crippen molar-refractivity contribution in [2.45, 2.75) is 52.2 Å². The van der Waals surface area contributed by atoms with Gasteiger partial charge in [-0.1, -0.05) is 0 Å². The number of aryl methyl sites for hydroxylation is 1. The minimum absolute atomic E-state index is 0.0883. The highest BCUT2D eigenvalue weighted by Crippen LogP contribution is 2.26. The van der Waals surface area contributed by atoms with Gasteiger partial charge in [-0.15, -0.1) is 0 Å². The molecule has 0 spiro atoms. The lowest BCUT2D eigenvalue weighted by molar-refractivity contribution is -0.119. The van der Waals surface area contributed by atoms with E-state index in [0.29, 0.717) is 24.4 Å². The molecule has 3 rings (SSSR count). The quantitative estimate of drug-likeness (QED) is 0.854. The van der Waals surface area contributed by atoms with E-state index in [1.165, 1.54) is 12.1 Å². The van der Waals surface area contributed by atoms with Crippen LogP contribution in [0, 0.1) is 18.6 Å². The number of benzene rings is 1. The highest BCUT2D eigenvalue weighted by Gasteiger charge is 2.25. The van der Waals surface area contributed by atoms with Crippen LogP contribution in [0.2, 0.25) is 0 Å². The molecule has 1 amide bonds. The normalized spacial score (nSPS) is 17.3. The Morgan fingerprint density at radius 2 is 2.15 bits per heavy atom. The van der Waals surface area contributed by atoms with Crippen molar-refractivity contribution in [1.82, 2.24) is 15.2 Å². The molecule has 2 aromatic rings. The van der Waals surface area contributed by atoms with Gasteiger partial charge in [-0.2, -0.15) is 0 Å². The van der Waals surface area contributed by atoms with Crippen molar-refractivity contribution in [3.05, 3.63) is 41.3 Å². The Bertz CT molecular complexity index is 804. The predicted octanol–water partition coefficient (Wildman–Crippen LogP) is 3.42. The number of carbonyl (C=O) groups excluding carboxylic acids is 1. The van der Waals surface area contributed by atoms with Gasteiger partial charge < -0.3 is 9.73 Å². The van der Waals surface area contributed by atoms with Crippen LogP contribution in [0.4, 0.5) is 8.78 Å². The SMILES string of the molecule is Cc1oc(-c2ccc(F)cc2F)nc1CN(CC1CCC(=O)N1)C(C)C. The molecule has 1 fully saturated rings. The number of rotatable bonds is 6. The zero-order valence-corrected chi connectivity index (χ0v) is 15.2. The first kappa shape index (κ1) is 18.5. The summed E-state index contributed by atoms with van der Waals surface area (Å²) in [6, 6.07) is 3.70. The summed E-state index contributed by atoms with van der Waals surface area (Å²) in [6.07, 6.45) is 1.39. The number of aromatic nitrogens is 1. The van der Waals surface area contributed by atoms with Gasteiger partial charge in [0.05, 0.1) is 11.3 Å². The zero-order valence-electron chi connectivity index (χ0n) is 15.2. The van der Waals surface area contributed by atoms with Gasteiger partial charge in [-0.25, -0.2) is 13.8 Å². The van der Waals surface area contributed by atoms with Crippen molar-refractivity contribution in [3.63, 3.8) is 0 Å². The minimum Gasteiger partial charge on any atom is -0.441 e. The number of halogens is 2. The van der Waals surface area contributed by atoms with Crippen molar-refractivity contribution in [2.24, 2.45) is 0 Å². The van der Waals surface area contributed by atoms with Gasteiger partial charge in [0.15, 0.2) is 0 Å². The van der Waals surface area contributed by atoms with E-state index >= 15 is 0 Å². The van der Waals surface area contributed by atoms with Crippen LogP contribution < -0.4 is 5.32 Å². The number of nitrogens with zero attached hydrogens (tertiary/aromatic N) is 2. The van der Waals surface area contributed by atoms with Crippen LogP contribution in [-0.4, -0.2) is 34.4 Å². The molecule has 0 radical (unpaired) electrons. The summed E-state index contributed by atoms with van der Waals surface area (Å²) in [6.45, 7) is 7.18. The van der Waals surface area contributed by atoms with Gasteiger partial charge in [0.1, 0.15) is 17.4 Å². The highest BCUT2D eigenvalue weighted by atomic mass is 19.1. The molecule has 1 aromatic heterocycles. The smallest absolute Gasteiger partial charge is 0.229 e. The van der Waals surface area contributed by atoms with E-state index in [-0.39, 0.29) is 29.4 Å². The van der Waals surface area contributed by atoms with Crippen molar-refractivity contribution in [1.29, 1.82) is 0 Å². The van der Waals surface area contributed by atoms with Gasteiger partial charge >= 0.3 is 0 Å². The highest BCUT2D eigenvalue weighted by molar-refractivity contribution is 5.78. The molecule has 26 heavy (non-hydrogen) atoms. The third kappa shape index (κ3) is 4.09. The molecule has 1 saturated heterocycles. The van der Waals surface area contributed by atoms with Gasteiger partial charge in [-0.05, 0) is 39.3 Å². The largest absolute Gasteiger partial charge is 0.441 e. The molecule has 1 aromatic carbocycles. The van der Waals surface area contributed by atoms with Gasteiger partial charge in [0.2, 0.25) is 11.8 Å². The lowest BCUT2D eigenvalue weighted by Crippen LogP contribution is -2.41. The molecule has 0 aliphatic carbocycles. The zero-order chi connectivity index (χ0) is 18.8. The summed E-state index contributed by atoms with van der Waals surface area (Å²) in [7, 11) is 0. The summed E-state index contributed by atoms with van der Waals surface area (Å²) in [4.78, 5) is 18.0. The third-order valence-electron chi connectivity index (χ3n) is 4.68. The average Bonchev–Trinajstić information content (AvgIpc) is 3.12. The fraction of sp³-hybridized carbons (Fsp3) is 0.474. The number of oxazole rings is 1. The lowest BCUT2D eigenvalue weighted by Gasteiger charge is -2.28. The lowest BCUT2D eigenvalue weighted by atomic mass is 10.1. The van der Waals surface area contributed by atoms with Crippen LogP contribution in [0.3, 0.4) is 0 Å². The van der Waals surface area contributed by atoms with E-state index in [1.54, 1.807) is 6.92 Å². The molecule has 2 heterocycles. The fourth-order valence-electron chi connectivity index (χ4n) is 3.10. The standard InChI is InChI=1S/C19H23F2N3O2/c1-11(2)24(9-14-5-7-18(25)22-14)10-17-12(3)26-19(23-17)15-6-4-13(20)8-16(15)21/h4,6,8,11,14H,5,7,9-10H2,1-3H3,(H,22,25). The number of hydrogen-bond acceptors (Lipinski definition) is 4. The minimum atomic E-state index is -0.702. The predicted molar refractivity (Wildman–Crippen MR) is 93.3 cm³/mol. The van der Waals surface area contributed by atoms with Crippen molar-refractivity contribution < 1.29 is 18.0 Å². The first-order valence-electron chi connectivity index (χ1n) is 8.78. The third-order valence-corrected chi connectivity index (χ3v) is 4.68. The van der Waals surface area contributed by atoms with E-state index in [4.69, 9.17) is 4.42 Å². The van der Waals surface area contributed by atoms with Crippen LogP contribution in [0.15, 0.2) is 22.6 Å². The Morgan fingerprint density at radius 1 is 1.38 bits per heavy atom. The molecule has 1 aliphatic rings. The fourth-order valence-corrected chi connectivity index (χ4v) is 3.10. The van der Waals surface area contributed by atoms with Gasteiger partial charge in [0.25, 0.3) is 0 Å². The molecule has 0 saturated carbocycles. The van der Waals surface area contributed by atoms with Gasteiger partial charge in [0, 0.05) is 37.7 Å². The molecule has 1 N–H and O–H groups in total. The average molecular weight is 363 g/mol. The second-order valence-electron chi connectivity index (χ2n) is 6.97. The summed E-state index contributed by atoms with van der Waals surface area (Å²) in [5.74, 6) is -0.505. The molecular weight excluding hydrogens is 340 g/mol. The molecule has 1 atom stereocenters. The van der Waals surface area contributed by atoms with E-state index in [0.717, 1.165) is 19.0 Å². The number of carbonyl (C=O) groups is 1. The molecule has 7 heteroatoms. The summed E-state index contributed by atoms with van der Waals surface area (Å²) >= 11 is 0. The molecule has 1 unspecified atom stereocenters. The molecule has 140 valence electrons. The maximum atomic E-state index is 14.0. The monoisotopic (exact) mass is 363 g/mol. The van der Waals surface area contributed by atoms with Gasteiger partial charge in [-0.3, -0.25) is 9.69 Å². The van der Waals surface area contributed by atoms with Crippen molar-refractivity contribution >= 4 is 5.91 Å². The maximum Gasteiger partial charge on any atom is 0.229 e. The second kappa shape index (κ2) is 7.53. The van der Waals surface area contributed by atoms with E-state index < -0.39 is 11.6 Å². The van der Waals surface area contributed by atoms with Crippen LogP contribution in [0.5, 0.6) is 0 Å².